The molecule has 8 heteroatoms. The number of nitro benzene ring substituents is 1. The number of anilines is 1. The maximum Gasteiger partial charge on any atom is 0.293 e. The van der Waals surface area contributed by atoms with Crippen LogP contribution in [0.25, 0.3) is 0 Å². The summed E-state index contributed by atoms with van der Waals surface area (Å²) >= 11 is 3.20. The predicted octanol–water partition coefficient (Wildman–Crippen LogP) is 3.01. The molecule has 2 rings (SSSR count). The van der Waals surface area contributed by atoms with Crippen LogP contribution in [-0.4, -0.2) is 22.9 Å². The molecule has 1 aromatic carbocycles. The third-order valence-electron chi connectivity index (χ3n) is 2.67. The quantitative estimate of drug-likeness (QED) is 0.674. The number of aromatic nitrogens is 1. The standard InChI is InChI=1S/C13H10BrN3O4/c1-21-8-2-3-12(17(19)20)11(6-8)16-13(18)9-4-5-15-7-10(9)14/h2-7H,1H3,(H,16,18). The first kappa shape index (κ1) is 14.9. The Balaban J connectivity index is 2.36. The fraction of sp³-hybridized carbons (Fsp3) is 0.0769. The van der Waals surface area contributed by atoms with Gasteiger partial charge < -0.3 is 10.1 Å². The Labute approximate surface area is 128 Å². The lowest BCUT2D eigenvalue weighted by Gasteiger charge is -2.08. The highest BCUT2D eigenvalue weighted by molar-refractivity contribution is 9.10. The number of nitro groups is 1. The molecule has 108 valence electrons. The fourth-order valence-electron chi connectivity index (χ4n) is 1.65. The number of carbonyl (C=O) groups excluding carboxylic acids is 1. The van der Waals surface area contributed by atoms with E-state index in [-0.39, 0.29) is 11.4 Å². The van der Waals surface area contributed by atoms with Crippen LogP contribution < -0.4 is 10.1 Å². The van der Waals surface area contributed by atoms with Crippen molar-refractivity contribution in [2.45, 2.75) is 0 Å². The predicted molar refractivity (Wildman–Crippen MR) is 79.5 cm³/mol. The number of pyridine rings is 1. The number of methoxy groups -OCH3 is 1. The average Bonchev–Trinajstić information content (AvgIpc) is 2.47. The highest BCUT2D eigenvalue weighted by Crippen LogP contribution is 2.29. The van der Waals surface area contributed by atoms with E-state index in [1.54, 1.807) is 0 Å². The first-order valence-electron chi connectivity index (χ1n) is 5.76. The van der Waals surface area contributed by atoms with Crippen molar-refractivity contribution in [3.05, 3.63) is 56.8 Å². The van der Waals surface area contributed by atoms with Crippen molar-refractivity contribution in [3.63, 3.8) is 0 Å². The van der Waals surface area contributed by atoms with Crippen LogP contribution in [0.3, 0.4) is 0 Å². The van der Waals surface area contributed by atoms with Gasteiger partial charge >= 0.3 is 0 Å². The van der Waals surface area contributed by atoms with Gasteiger partial charge in [0.1, 0.15) is 11.4 Å². The first-order chi connectivity index (χ1) is 10.0. The van der Waals surface area contributed by atoms with E-state index in [1.165, 1.54) is 43.8 Å². The van der Waals surface area contributed by atoms with E-state index >= 15 is 0 Å². The SMILES string of the molecule is COc1ccc([N+](=O)[O-])c(NC(=O)c2ccncc2Br)c1. The van der Waals surface area contributed by atoms with E-state index in [9.17, 15) is 14.9 Å². The van der Waals surface area contributed by atoms with E-state index in [4.69, 9.17) is 4.74 Å². The molecule has 2 aromatic rings. The molecular weight excluding hydrogens is 342 g/mol. The van der Waals surface area contributed by atoms with Gasteiger partial charge in [0.05, 0.1) is 17.6 Å². The molecule has 0 saturated carbocycles. The highest BCUT2D eigenvalue weighted by atomic mass is 79.9. The minimum Gasteiger partial charge on any atom is -0.497 e. The minimum atomic E-state index is -0.573. The molecule has 0 aliphatic heterocycles. The van der Waals surface area contributed by atoms with Crippen molar-refractivity contribution in [1.82, 2.24) is 4.98 Å². The summed E-state index contributed by atoms with van der Waals surface area (Å²) < 4.78 is 5.50. The van der Waals surface area contributed by atoms with Gasteiger partial charge in [0.2, 0.25) is 0 Å². The Hall–Kier alpha value is -2.48. The van der Waals surface area contributed by atoms with Crippen LogP contribution in [-0.2, 0) is 0 Å². The lowest BCUT2D eigenvalue weighted by atomic mass is 10.2. The minimum absolute atomic E-state index is 0.0630. The van der Waals surface area contributed by atoms with Gasteiger partial charge in [0.25, 0.3) is 11.6 Å². The van der Waals surface area contributed by atoms with Gasteiger partial charge in [-0.15, -0.1) is 0 Å². The maximum atomic E-state index is 12.2. The zero-order valence-corrected chi connectivity index (χ0v) is 12.5. The lowest BCUT2D eigenvalue weighted by Crippen LogP contribution is -2.14. The van der Waals surface area contributed by atoms with Gasteiger partial charge in [-0.05, 0) is 28.1 Å². The second-order valence-electron chi connectivity index (χ2n) is 3.95. The fourth-order valence-corrected chi connectivity index (χ4v) is 2.08. The molecule has 0 fully saturated rings. The van der Waals surface area contributed by atoms with Crippen LogP contribution >= 0.6 is 15.9 Å². The number of nitrogens with zero attached hydrogens (tertiary/aromatic N) is 2. The summed E-state index contributed by atoms with van der Waals surface area (Å²) in [7, 11) is 1.44. The molecule has 7 nitrogen and oxygen atoms in total. The smallest absolute Gasteiger partial charge is 0.293 e. The first-order valence-corrected chi connectivity index (χ1v) is 6.55. The van der Waals surface area contributed by atoms with E-state index in [1.807, 2.05) is 0 Å². The molecule has 1 N–H and O–H groups in total. The van der Waals surface area contributed by atoms with Crippen LogP contribution in [0.15, 0.2) is 41.1 Å². The molecule has 0 radical (unpaired) electrons. The van der Waals surface area contributed by atoms with Crippen molar-refractivity contribution < 1.29 is 14.5 Å². The van der Waals surface area contributed by atoms with Gasteiger partial charge in [-0.2, -0.15) is 0 Å². The number of hydrogen-bond acceptors (Lipinski definition) is 5. The molecule has 0 aliphatic carbocycles. The Morgan fingerprint density at radius 2 is 2.19 bits per heavy atom. The molecule has 0 atom stereocenters. The molecule has 0 bridgehead atoms. The van der Waals surface area contributed by atoms with Crippen LogP contribution in [0.2, 0.25) is 0 Å². The molecule has 21 heavy (non-hydrogen) atoms. The average molecular weight is 352 g/mol. The van der Waals surface area contributed by atoms with Crippen molar-refractivity contribution >= 4 is 33.2 Å². The van der Waals surface area contributed by atoms with E-state index in [0.29, 0.717) is 15.8 Å². The number of hydrogen-bond donors (Lipinski definition) is 1. The second-order valence-corrected chi connectivity index (χ2v) is 4.80. The Morgan fingerprint density at radius 3 is 2.81 bits per heavy atom. The van der Waals surface area contributed by atoms with Gasteiger partial charge in [0.15, 0.2) is 0 Å². The molecule has 0 aliphatic rings. The molecule has 0 unspecified atom stereocenters. The van der Waals surface area contributed by atoms with Crippen LogP contribution in [0.4, 0.5) is 11.4 Å². The number of nitrogens with one attached hydrogen (secondary N) is 1. The zero-order valence-electron chi connectivity index (χ0n) is 10.9. The van der Waals surface area contributed by atoms with Gasteiger partial charge in [0, 0.05) is 29.0 Å². The molecular formula is C13H10BrN3O4. The third-order valence-corrected chi connectivity index (χ3v) is 3.30. The molecule has 1 heterocycles. The topological polar surface area (TPSA) is 94.4 Å². The summed E-state index contributed by atoms with van der Waals surface area (Å²) in [5.41, 5.74) is 0.171. The van der Waals surface area contributed by atoms with Crippen molar-refractivity contribution in [1.29, 1.82) is 0 Å². The van der Waals surface area contributed by atoms with Crippen molar-refractivity contribution in [2.75, 3.05) is 12.4 Å². The van der Waals surface area contributed by atoms with Crippen molar-refractivity contribution in [2.24, 2.45) is 0 Å². The summed E-state index contributed by atoms with van der Waals surface area (Å²) in [5.74, 6) is -0.0784. The van der Waals surface area contributed by atoms with E-state index in [0.717, 1.165) is 0 Å². The number of ether oxygens (including phenoxy) is 1. The summed E-state index contributed by atoms with van der Waals surface area (Å²) in [5, 5.41) is 13.5. The Bertz CT molecular complexity index is 706. The van der Waals surface area contributed by atoms with Gasteiger partial charge in [-0.1, -0.05) is 0 Å². The summed E-state index contributed by atoms with van der Waals surface area (Å²) in [6.07, 6.45) is 2.93. The van der Waals surface area contributed by atoms with Crippen LogP contribution in [0.1, 0.15) is 10.4 Å². The van der Waals surface area contributed by atoms with Crippen LogP contribution in [0.5, 0.6) is 5.75 Å². The molecule has 0 spiro atoms. The molecule has 0 saturated heterocycles. The van der Waals surface area contributed by atoms with Gasteiger partial charge in [-0.25, -0.2) is 0 Å². The Morgan fingerprint density at radius 1 is 1.43 bits per heavy atom. The number of carbonyl (C=O) groups is 1. The number of halogens is 1. The monoisotopic (exact) mass is 351 g/mol. The maximum absolute atomic E-state index is 12.2. The lowest BCUT2D eigenvalue weighted by molar-refractivity contribution is -0.383. The van der Waals surface area contributed by atoms with E-state index < -0.39 is 10.8 Å². The van der Waals surface area contributed by atoms with Gasteiger partial charge in [-0.3, -0.25) is 19.9 Å². The molecule has 1 aromatic heterocycles. The normalized spacial score (nSPS) is 10.0. The molecule has 1 amide bonds. The zero-order chi connectivity index (χ0) is 15.4. The largest absolute Gasteiger partial charge is 0.497 e. The van der Waals surface area contributed by atoms with E-state index in [2.05, 4.69) is 26.2 Å². The summed E-state index contributed by atoms with van der Waals surface area (Å²) in [4.78, 5) is 26.5. The number of amides is 1. The third kappa shape index (κ3) is 3.34. The highest BCUT2D eigenvalue weighted by Gasteiger charge is 2.18. The van der Waals surface area contributed by atoms with Crippen molar-refractivity contribution in [3.8, 4) is 5.75 Å². The summed E-state index contributed by atoms with van der Waals surface area (Å²) in [6, 6.07) is 5.63. The number of benzene rings is 1. The Kier molecular flexibility index (Phi) is 4.49. The second kappa shape index (κ2) is 6.31. The van der Waals surface area contributed by atoms with Crippen LogP contribution in [0, 0.1) is 10.1 Å². The number of rotatable bonds is 4. The summed E-state index contributed by atoms with van der Waals surface area (Å²) in [6.45, 7) is 0.